The van der Waals surface area contributed by atoms with Crippen molar-refractivity contribution in [2.45, 2.75) is 53.7 Å². The molecule has 4 heteroatoms. The molecule has 0 aromatic heterocycles. The molecule has 0 spiro atoms. The van der Waals surface area contributed by atoms with E-state index in [1.807, 2.05) is 20.8 Å². The minimum absolute atomic E-state index is 0.121. The zero-order chi connectivity index (χ0) is 15.8. The van der Waals surface area contributed by atoms with Gasteiger partial charge in [-0.15, -0.1) is 0 Å². The molecule has 0 unspecified atom stereocenters. The lowest BCUT2D eigenvalue weighted by Crippen LogP contribution is -2.16. The molecule has 0 saturated heterocycles. The molecule has 120 valence electrons. The van der Waals surface area contributed by atoms with Gasteiger partial charge in [-0.25, -0.2) is 0 Å². The van der Waals surface area contributed by atoms with E-state index >= 15 is 0 Å². The van der Waals surface area contributed by atoms with Crippen LogP contribution in [0.3, 0.4) is 0 Å². The van der Waals surface area contributed by atoms with Crippen molar-refractivity contribution in [3.05, 3.63) is 22.2 Å². The fraction of sp³-hybridized carbons (Fsp3) is 0.647. The largest absolute Gasteiger partial charge is 0.490 e. The molecule has 1 N–H and O–H groups in total. The van der Waals surface area contributed by atoms with Crippen molar-refractivity contribution in [1.82, 2.24) is 5.32 Å². The Hall–Kier alpha value is -0.740. The molecule has 0 saturated carbocycles. The average molecular weight is 358 g/mol. The van der Waals surface area contributed by atoms with Crippen molar-refractivity contribution in [3.8, 4) is 11.5 Å². The maximum atomic E-state index is 5.85. The predicted octanol–water partition coefficient (Wildman–Crippen LogP) is 4.77. The van der Waals surface area contributed by atoms with Gasteiger partial charge in [0.1, 0.15) is 0 Å². The third-order valence-electron chi connectivity index (χ3n) is 2.95. The quantitative estimate of drug-likeness (QED) is 0.645. The molecule has 0 fully saturated rings. The van der Waals surface area contributed by atoms with Gasteiger partial charge in [-0.3, -0.25) is 0 Å². The van der Waals surface area contributed by atoms with Crippen molar-refractivity contribution in [2.24, 2.45) is 5.92 Å². The lowest BCUT2D eigenvalue weighted by molar-refractivity contribution is 0.222. The Bertz CT molecular complexity index is 433. The van der Waals surface area contributed by atoms with Gasteiger partial charge in [-0.2, -0.15) is 0 Å². The Morgan fingerprint density at radius 3 is 2.48 bits per heavy atom. The van der Waals surface area contributed by atoms with Gasteiger partial charge in [-0.1, -0.05) is 13.8 Å². The summed E-state index contributed by atoms with van der Waals surface area (Å²) >= 11 is 3.60. The van der Waals surface area contributed by atoms with Crippen LogP contribution in [0.5, 0.6) is 11.5 Å². The summed E-state index contributed by atoms with van der Waals surface area (Å²) in [5, 5.41) is 3.47. The molecule has 1 rings (SSSR count). The zero-order valence-electron chi connectivity index (χ0n) is 13.8. The summed E-state index contributed by atoms with van der Waals surface area (Å²) in [6.45, 7) is 13.0. The molecular weight excluding hydrogens is 330 g/mol. The highest BCUT2D eigenvalue weighted by atomic mass is 79.9. The van der Waals surface area contributed by atoms with Gasteiger partial charge in [0, 0.05) is 6.54 Å². The number of hydrogen-bond acceptors (Lipinski definition) is 3. The minimum Gasteiger partial charge on any atom is -0.490 e. The van der Waals surface area contributed by atoms with Crippen LogP contribution in [0.4, 0.5) is 0 Å². The summed E-state index contributed by atoms with van der Waals surface area (Å²) < 4.78 is 12.5. The van der Waals surface area contributed by atoms with Crippen LogP contribution >= 0.6 is 15.9 Å². The molecule has 0 aliphatic rings. The summed E-state index contributed by atoms with van der Waals surface area (Å²) in [4.78, 5) is 0. The van der Waals surface area contributed by atoms with Crippen molar-refractivity contribution < 1.29 is 9.47 Å². The second kappa shape index (κ2) is 9.31. The first-order valence-corrected chi connectivity index (χ1v) is 8.55. The highest BCUT2D eigenvalue weighted by molar-refractivity contribution is 9.10. The first kappa shape index (κ1) is 18.3. The van der Waals surface area contributed by atoms with Crippen LogP contribution in [0.1, 0.15) is 46.6 Å². The normalized spacial score (nSPS) is 11.2. The first-order chi connectivity index (χ1) is 9.93. The van der Waals surface area contributed by atoms with Gasteiger partial charge in [-0.05, 0) is 73.3 Å². The Morgan fingerprint density at radius 1 is 1.19 bits per heavy atom. The number of benzene rings is 1. The van der Waals surface area contributed by atoms with Gasteiger partial charge < -0.3 is 14.8 Å². The van der Waals surface area contributed by atoms with Crippen LogP contribution in [0, 0.1) is 5.92 Å². The van der Waals surface area contributed by atoms with Gasteiger partial charge in [0.05, 0.1) is 17.2 Å². The summed E-state index contributed by atoms with van der Waals surface area (Å²) in [5.41, 5.74) is 1.20. The van der Waals surface area contributed by atoms with E-state index in [-0.39, 0.29) is 6.10 Å². The Labute approximate surface area is 137 Å². The first-order valence-electron chi connectivity index (χ1n) is 7.76. The van der Waals surface area contributed by atoms with Crippen LogP contribution in [0.2, 0.25) is 0 Å². The topological polar surface area (TPSA) is 30.5 Å². The smallest absolute Gasteiger partial charge is 0.175 e. The number of rotatable bonds is 9. The summed E-state index contributed by atoms with van der Waals surface area (Å²) in [6, 6.07) is 4.16. The summed E-state index contributed by atoms with van der Waals surface area (Å²) in [6.07, 6.45) is 1.31. The average Bonchev–Trinajstić information content (AvgIpc) is 2.38. The maximum Gasteiger partial charge on any atom is 0.175 e. The third-order valence-corrected chi connectivity index (χ3v) is 3.54. The molecule has 1 aromatic rings. The van der Waals surface area contributed by atoms with Crippen LogP contribution in [-0.2, 0) is 6.54 Å². The van der Waals surface area contributed by atoms with Crippen LogP contribution in [0.15, 0.2) is 16.6 Å². The second-order valence-corrected chi connectivity index (χ2v) is 6.72. The third kappa shape index (κ3) is 6.70. The Balaban J connectivity index is 2.77. The molecule has 3 nitrogen and oxygen atoms in total. The molecule has 0 bridgehead atoms. The zero-order valence-corrected chi connectivity index (χ0v) is 15.4. The van der Waals surface area contributed by atoms with Gasteiger partial charge in [0.15, 0.2) is 11.5 Å². The predicted molar refractivity (Wildman–Crippen MR) is 92.2 cm³/mol. The van der Waals surface area contributed by atoms with E-state index in [4.69, 9.17) is 9.47 Å². The Morgan fingerprint density at radius 2 is 1.90 bits per heavy atom. The SMILES string of the molecule is CCOc1cc(CNCCC(C)C)cc(Br)c1OC(C)C. The fourth-order valence-electron chi connectivity index (χ4n) is 1.96. The van der Waals surface area contributed by atoms with Gasteiger partial charge >= 0.3 is 0 Å². The molecular formula is C17H28BrNO2. The molecule has 0 aliphatic carbocycles. The second-order valence-electron chi connectivity index (χ2n) is 5.86. The monoisotopic (exact) mass is 357 g/mol. The van der Waals surface area contributed by atoms with Crippen LogP contribution in [0.25, 0.3) is 0 Å². The van der Waals surface area contributed by atoms with Crippen molar-refractivity contribution in [2.75, 3.05) is 13.2 Å². The number of nitrogens with one attached hydrogen (secondary N) is 1. The molecule has 1 aromatic carbocycles. The maximum absolute atomic E-state index is 5.85. The van der Waals surface area contributed by atoms with E-state index in [2.05, 4.69) is 47.2 Å². The summed E-state index contributed by atoms with van der Waals surface area (Å²) in [5.74, 6) is 2.32. The highest BCUT2D eigenvalue weighted by Gasteiger charge is 2.13. The lowest BCUT2D eigenvalue weighted by atomic mass is 10.1. The van der Waals surface area contributed by atoms with Crippen molar-refractivity contribution in [1.29, 1.82) is 0 Å². The van der Waals surface area contributed by atoms with Gasteiger partial charge in [0.2, 0.25) is 0 Å². The molecule has 21 heavy (non-hydrogen) atoms. The molecule has 0 aliphatic heterocycles. The standard InChI is InChI=1S/C17H28BrNO2/c1-6-20-16-10-14(11-19-8-7-12(2)3)9-15(18)17(16)21-13(4)5/h9-10,12-13,19H,6-8,11H2,1-5H3. The van der Waals surface area contributed by atoms with E-state index in [1.165, 1.54) is 12.0 Å². The Kier molecular flexibility index (Phi) is 8.12. The molecule has 0 amide bonds. The number of ether oxygens (including phenoxy) is 2. The molecule has 0 heterocycles. The highest BCUT2D eigenvalue weighted by Crippen LogP contribution is 2.37. The minimum atomic E-state index is 0.121. The van der Waals surface area contributed by atoms with Gasteiger partial charge in [0.25, 0.3) is 0 Å². The van der Waals surface area contributed by atoms with Crippen LogP contribution in [-0.4, -0.2) is 19.3 Å². The van der Waals surface area contributed by atoms with Crippen molar-refractivity contribution >= 4 is 15.9 Å². The van der Waals surface area contributed by atoms with E-state index in [1.54, 1.807) is 0 Å². The van der Waals surface area contributed by atoms with E-state index in [0.29, 0.717) is 6.61 Å². The summed E-state index contributed by atoms with van der Waals surface area (Å²) in [7, 11) is 0. The number of halogens is 1. The molecule has 0 radical (unpaired) electrons. The number of hydrogen-bond donors (Lipinski definition) is 1. The van der Waals surface area contributed by atoms with E-state index in [0.717, 1.165) is 35.0 Å². The van der Waals surface area contributed by atoms with E-state index in [9.17, 15) is 0 Å². The lowest BCUT2D eigenvalue weighted by Gasteiger charge is -2.17. The van der Waals surface area contributed by atoms with Crippen molar-refractivity contribution in [3.63, 3.8) is 0 Å². The fourth-order valence-corrected chi connectivity index (χ4v) is 2.54. The molecule has 0 atom stereocenters. The van der Waals surface area contributed by atoms with E-state index < -0.39 is 0 Å². The van der Waals surface area contributed by atoms with Crippen LogP contribution < -0.4 is 14.8 Å².